The number of oxime groups is 1. The Labute approximate surface area is 87.4 Å². The van der Waals surface area contributed by atoms with Crippen LogP contribution < -0.4 is 10.6 Å². The van der Waals surface area contributed by atoms with Crippen molar-refractivity contribution in [2.24, 2.45) is 10.9 Å². The Morgan fingerprint density at radius 3 is 2.80 bits per heavy atom. The molecule has 3 N–H and O–H groups in total. The molecule has 1 aromatic heterocycles. The highest BCUT2D eigenvalue weighted by atomic mass is 16.4. The van der Waals surface area contributed by atoms with Crippen molar-refractivity contribution >= 4 is 11.9 Å². The first-order valence-electron chi connectivity index (χ1n) is 4.92. The molecule has 1 saturated heterocycles. The van der Waals surface area contributed by atoms with Gasteiger partial charge in [-0.3, -0.25) is 0 Å². The second-order valence-electron chi connectivity index (χ2n) is 3.59. The molecule has 0 amide bonds. The van der Waals surface area contributed by atoms with Crippen molar-refractivity contribution in [1.29, 1.82) is 0 Å². The minimum absolute atomic E-state index is 0.0366. The standard InChI is InChI=1S/C9H14N4O2/c1-6-7(8(10)12-14)15-9(11-6)13-4-2-3-5-13/h14H,2-5H2,1H3,(H2,10,12). The Balaban J connectivity index is 2.28. The molecule has 6 nitrogen and oxygen atoms in total. The van der Waals surface area contributed by atoms with Gasteiger partial charge in [-0.15, -0.1) is 0 Å². The number of anilines is 1. The van der Waals surface area contributed by atoms with E-state index in [1.54, 1.807) is 6.92 Å². The van der Waals surface area contributed by atoms with Gasteiger partial charge in [-0.25, -0.2) is 0 Å². The molecule has 1 aliphatic heterocycles. The molecule has 0 atom stereocenters. The molecule has 82 valence electrons. The predicted molar refractivity (Wildman–Crippen MR) is 55.2 cm³/mol. The van der Waals surface area contributed by atoms with E-state index in [-0.39, 0.29) is 5.84 Å². The second kappa shape index (κ2) is 3.80. The van der Waals surface area contributed by atoms with Gasteiger partial charge in [0.1, 0.15) is 0 Å². The van der Waals surface area contributed by atoms with Crippen LogP contribution in [-0.2, 0) is 0 Å². The Kier molecular flexibility index (Phi) is 2.49. The van der Waals surface area contributed by atoms with E-state index >= 15 is 0 Å². The molecule has 1 aromatic rings. The molecule has 0 spiro atoms. The molecule has 2 heterocycles. The fourth-order valence-electron chi connectivity index (χ4n) is 1.71. The molecule has 0 bridgehead atoms. The normalized spacial score (nSPS) is 17.4. The van der Waals surface area contributed by atoms with Gasteiger partial charge in [0.15, 0.2) is 5.76 Å². The smallest absolute Gasteiger partial charge is 0.298 e. The van der Waals surface area contributed by atoms with Gasteiger partial charge in [-0.1, -0.05) is 5.16 Å². The van der Waals surface area contributed by atoms with Crippen LogP contribution in [0.1, 0.15) is 24.3 Å². The number of oxazole rings is 1. The van der Waals surface area contributed by atoms with Gasteiger partial charge in [-0.05, 0) is 19.8 Å². The first-order valence-corrected chi connectivity index (χ1v) is 4.92. The van der Waals surface area contributed by atoms with Crippen molar-refractivity contribution in [1.82, 2.24) is 4.98 Å². The summed E-state index contributed by atoms with van der Waals surface area (Å²) in [5.74, 6) is 0.310. The largest absolute Gasteiger partial charge is 0.420 e. The third-order valence-electron chi connectivity index (χ3n) is 2.50. The first-order chi connectivity index (χ1) is 7.22. The van der Waals surface area contributed by atoms with Crippen molar-refractivity contribution in [2.75, 3.05) is 18.0 Å². The number of nitrogens with two attached hydrogens (primary N) is 1. The van der Waals surface area contributed by atoms with Crippen LogP contribution in [0.4, 0.5) is 6.01 Å². The van der Waals surface area contributed by atoms with Crippen LogP contribution in [0.2, 0.25) is 0 Å². The minimum atomic E-state index is -0.0366. The fourth-order valence-corrected chi connectivity index (χ4v) is 1.71. The van der Waals surface area contributed by atoms with E-state index in [1.807, 2.05) is 0 Å². The van der Waals surface area contributed by atoms with Crippen molar-refractivity contribution in [2.45, 2.75) is 19.8 Å². The van der Waals surface area contributed by atoms with Gasteiger partial charge >= 0.3 is 0 Å². The van der Waals surface area contributed by atoms with E-state index < -0.39 is 0 Å². The summed E-state index contributed by atoms with van der Waals surface area (Å²) in [4.78, 5) is 6.31. The summed E-state index contributed by atoms with van der Waals surface area (Å²) in [6.45, 7) is 3.68. The molecule has 0 saturated carbocycles. The lowest BCUT2D eigenvalue weighted by molar-refractivity contribution is 0.317. The summed E-state index contributed by atoms with van der Waals surface area (Å²) >= 11 is 0. The van der Waals surface area contributed by atoms with E-state index in [2.05, 4.69) is 15.0 Å². The maximum atomic E-state index is 8.55. The Morgan fingerprint density at radius 1 is 1.53 bits per heavy atom. The summed E-state index contributed by atoms with van der Waals surface area (Å²) in [7, 11) is 0. The molecular formula is C9H14N4O2. The number of hydrogen-bond donors (Lipinski definition) is 2. The van der Waals surface area contributed by atoms with Crippen LogP contribution in [0.5, 0.6) is 0 Å². The number of aromatic nitrogens is 1. The molecule has 0 aliphatic carbocycles. The van der Waals surface area contributed by atoms with Crippen LogP contribution in [0.3, 0.4) is 0 Å². The summed E-state index contributed by atoms with van der Waals surface area (Å²) in [6, 6.07) is 0.562. The maximum absolute atomic E-state index is 8.55. The first kappa shape index (κ1) is 9.82. The van der Waals surface area contributed by atoms with E-state index in [9.17, 15) is 0 Å². The van der Waals surface area contributed by atoms with E-state index in [1.165, 1.54) is 0 Å². The third kappa shape index (κ3) is 1.74. The van der Waals surface area contributed by atoms with Crippen LogP contribution in [-0.4, -0.2) is 29.1 Å². The number of nitrogens with zero attached hydrogens (tertiary/aromatic N) is 3. The Morgan fingerprint density at radius 2 is 2.20 bits per heavy atom. The topological polar surface area (TPSA) is 87.9 Å². The highest BCUT2D eigenvalue weighted by Gasteiger charge is 2.20. The molecule has 2 rings (SSSR count). The SMILES string of the molecule is Cc1nc(N2CCCC2)oc1/C(N)=N\O. The lowest BCUT2D eigenvalue weighted by atomic mass is 10.3. The predicted octanol–water partition coefficient (Wildman–Crippen LogP) is 0.678. The van der Waals surface area contributed by atoms with Crippen LogP contribution >= 0.6 is 0 Å². The Hall–Kier alpha value is -1.72. The van der Waals surface area contributed by atoms with E-state index in [0.717, 1.165) is 25.9 Å². The monoisotopic (exact) mass is 210 g/mol. The minimum Gasteiger partial charge on any atom is -0.420 e. The highest BCUT2D eigenvalue weighted by molar-refractivity contribution is 5.95. The molecular weight excluding hydrogens is 196 g/mol. The summed E-state index contributed by atoms with van der Waals surface area (Å²) < 4.78 is 5.45. The molecule has 0 unspecified atom stereocenters. The summed E-state index contributed by atoms with van der Waals surface area (Å²) in [6.07, 6.45) is 2.31. The second-order valence-corrected chi connectivity index (χ2v) is 3.59. The number of aryl methyl sites for hydroxylation is 1. The molecule has 1 fully saturated rings. The van der Waals surface area contributed by atoms with Gasteiger partial charge in [0.25, 0.3) is 6.01 Å². The van der Waals surface area contributed by atoms with Gasteiger partial charge < -0.3 is 20.3 Å². The average molecular weight is 210 g/mol. The molecule has 0 radical (unpaired) electrons. The van der Waals surface area contributed by atoms with E-state index in [4.69, 9.17) is 15.4 Å². The van der Waals surface area contributed by atoms with Gasteiger partial charge in [0.05, 0.1) is 5.69 Å². The number of rotatable bonds is 2. The highest BCUT2D eigenvalue weighted by Crippen LogP contribution is 2.22. The molecule has 6 heteroatoms. The lowest BCUT2D eigenvalue weighted by Crippen LogP contribution is -2.17. The zero-order chi connectivity index (χ0) is 10.8. The lowest BCUT2D eigenvalue weighted by Gasteiger charge is -2.10. The van der Waals surface area contributed by atoms with Gasteiger partial charge in [0.2, 0.25) is 5.84 Å². The van der Waals surface area contributed by atoms with Crippen molar-refractivity contribution in [3.05, 3.63) is 11.5 Å². The van der Waals surface area contributed by atoms with Crippen molar-refractivity contribution in [3.63, 3.8) is 0 Å². The molecule has 15 heavy (non-hydrogen) atoms. The quantitative estimate of drug-likeness (QED) is 0.324. The van der Waals surface area contributed by atoms with E-state index in [0.29, 0.717) is 17.5 Å². The van der Waals surface area contributed by atoms with Crippen molar-refractivity contribution in [3.8, 4) is 0 Å². The summed E-state index contributed by atoms with van der Waals surface area (Å²) in [5.41, 5.74) is 6.10. The average Bonchev–Trinajstić information content (AvgIpc) is 2.84. The fraction of sp³-hybridized carbons (Fsp3) is 0.556. The third-order valence-corrected chi connectivity index (χ3v) is 2.50. The zero-order valence-corrected chi connectivity index (χ0v) is 8.60. The van der Waals surface area contributed by atoms with Gasteiger partial charge in [-0.2, -0.15) is 4.98 Å². The van der Waals surface area contributed by atoms with Crippen LogP contribution in [0.25, 0.3) is 0 Å². The van der Waals surface area contributed by atoms with Crippen molar-refractivity contribution < 1.29 is 9.62 Å². The zero-order valence-electron chi connectivity index (χ0n) is 8.60. The van der Waals surface area contributed by atoms with Gasteiger partial charge in [0, 0.05) is 13.1 Å². The molecule has 0 aromatic carbocycles. The van der Waals surface area contributed by atoms with Crippen LogP contribution in [0, 0.1) is 6.92 Å². The summed E-state index contributed by atoms with van der Waals surface area (Å²) in [5, 5.41) is 11.5. The number of amidine groups is 1. The maximum Gasteiger partial charge on any atom is 0.298 e. The molecule has 1 aliphatic rings. The number of hydrogen-bond acceptors (Lipinski definition) is 5. The van der Waals surface area contributed by atoms with Crippen LogP contribution in [0.15, 0.2) is 9.57 Å². The Bertz CT molecular complexity index is 379.